The van der Waals surface area contributed by atoms with E-state index in [9.17, 15) is 13.2 Å². The van der Waals surface area contributed by atoms with Crippen molar-refractivity contribution in [3.8, 4) is 17.0 Å². The molecule has 106 valence electrons. The first kappa shape index (κ1) is 14.7. The molecule has 0 bridgehead atoms. The Morgan fingerprint density at radius 2 is 2.00 bits per heavy atom. The van der Waals surface area contributed by atoms with Gasteiger partial charge in [-0.3, -0.25) is 0 Å². The van der Waals surface area contributed by atoms with Crippen LogP contribution in [-0.4, -0.2) is 17.8 Å². The van der Waals surface area contributed by atoms with E-state index in [4.69, 9.17) is 16.3 Å². The monoisotopic (exact) mass is 301 g/mol. The quantitative estimate of drug-likeness (QED) is 0.823. The number of rotatable bonds is 3. The first-order chi connectivity index (χ1) is 9.37. The maximum absolute atomic E-state index is 12.2. The first-order valence-corrected chi connectivity index (χ1v) is 6.16. The zero-order valence-electron chi connectivity index (χ0n) is 10.5. The van der Waals surface area contributed by atoms with Crippen molar-refractivity contribution in [3.63, 3.8) is 0 Å². The van der Waals surface area contributed by atoms with Crippen LogP contribution in [-0.2, 0) is 0 Å². The number of aromatic nitrogens is 1. The summed E-state index contributed by atoms with van der Waals surface area (Å²) in [6.45, 7) is 0.446. The van der Waals surface area contributed by atoms with Crippen LogP contribution in [0.2, 0.25) is 5.02 Å². The molecule has 0 aliphatic heterocycles. The number of hydrogen-bond donors (Lipinski definition) is 0. The molecule has 2 aromatic rings. The number of halogens is 4. The van der Waals surface area contributed by atoms with Crippen LogP contribution in [0.25, 0.3) is 11.1 Å². The highest BCUT2D eigenvalue weighted by molar-refractivity contribution is 6.31. The third-order valence-corrected chi connectivity index (χ3v) is 3.04. The fourth-order valence-corrected chi connectivity index (χ4v) is 1.81. The van der Waals surface area contributed by atoms with Crippen LogP contribution in [0, 0.1) is 6.92 Å². The van der Waals surface area contributed by atoms with Crippen molar-refractivity contribution in [1.29, 1.82) is 0 Å². The van der Waals surface area contributed by atoms with Gasteiger partial charge in [-0.15, -0.1) is 0 Å². The zero-order valence-corrected chi connectivity index (χ0v) is 11.3. The molecular weight excluding hydrogens is 291 g/mol. The number of nitrogens with zero attached hydrogens (tertiary/aromatic N) is 1. The van der Waals surface area contributed by atoms with Crippen LogP contribution < -0.4 is 4.74 Å². The van der Waals surface area contributed by atoms with E-state index in [0.29, 0.717) is 16.1 Å². The summed E-state index contributed by atoms with van der Waals surface area (Å²) in [6, 6.07) is 8.47. The summed E-state index contributed by atoms with van der Waals surface area (Å²) in [6.07, 6.45) is -3.01. The second kappa shape index (κ2) is 5.71. The van der Waals surface area contributed by atoms with Gasteiger partial charge >= 0.3 is 6.18 Å². The van der Waals surface area contributed by atoms with E-state index >= 15 is 0 Å². The molecule has 6 heteroatoms. The summed E-state index contributed by atoms with van der Waals surface area (Å²) in [4.78, 5) is 3.86. The Balaban J connectivity index is 2.34. The third-order valence-electron chi connectivity index (χ3n) is 2.61. The number of ether oxygens (including phenoxy) is 1. The summed E-state index contributed by atoms with van der Waals surface area (Å²) in [5, 5.41) is 0.593. The molecule has 0 atom stereocenters. The lowest BCUT2D eigenvalue weighted by atomic mass is 10.0. The molecule has 2 rings (SSSR count). The van der Waals surface area contributed by atoms with E-state index in [0.717, 1.165) is 5.56 Å². The first-order valence-electron chi connectivity index (χ1n) is 5.78. The molecule has 0 spiro atoms. The normalized spacial score (nSPS) is 11.4. The van der Waals surface area contributed by atoms with Crippen LogP contribution in [0.3, 0.4) is 0 Å². The number of benzene rings is 1. The van der Waals surface area contributed by atoms with Crippen molar-refractivity contribution in [2.45, 2.75) is 13.1 Å². The van der Waals surface area contributed by atoms with Gasteiger partial charge in [0.25, 0.3) is 0 Å². The molecule has 0 aliphatic rings. The lowest BCUT2D eigenvalue weighted by Crippen LogP contribution is -2.19. The van der Waals surface area contributed by atoms with Gasteiger partial charge in [-0.25, -0.2) is 4.98 Å². The SMILES string of the molecule is Cc1cc(-c2cccnc2OCC(F)(F)F)ccc1Cl. The molecule has 0 unspecified atom stereocenters. The van der Waals surface area contributed by atoms with Crippen LogP contribution in [0.4, 0.5) is 13.2 Å². The molecule has 0 fully saturated rings. The Labute approximate surface area is 119 Å². The lowest BCUT2D eigenvalue weighted by Gasteiger charge is -2.12. The molecule has 1 heterocycles. The molecule has 2 nitrogen and oxygen atoms in total. The summed E-state index contributed by atoms with van der Waals surface area (Å²) >= 11 is 5.93. The van der Waals surface area contributed by atoms with Gasteiger partial charge in [0.05, 0.1) is 0 Å². The smallest absolute Gasteiger partial charge is 0.422 e. The predicted molar refractivity (Wildman–Crippen MR) is 71.0 cm³/mol. The van der Waals surface area contributed by atoms with Crippen LogP contribution in [0.15, 0.2) is 36.5 Å². The molecule has 0 N–H and O–H groups in total. The van der Waals surface area contributed by atoms with Gasteiger partial charge < -0.3 is 4.74 Å². The average Bonchev–Trinajstić information content (AvgIpc) is 2.39. The van der Waals surface area contributed by atoms with Crippen LogP contribution >= 0.6 is 11.6 Å². The summed E-state index contributed by atoms with van der Waals surface area (Å²) in [7, 11) is 0. The highest BCUT2D eigenvalue weighted by Gasteiger charge is 2.29. The Hall–Kier alpha value is -1.75. The van der Waals surface area contributed by atoms with Crippen molar-refractivity contribution in [2.24, 2.45) is 0 Å². The molecule has 0 radical (unpaired) electrons. The standard InChI is InChI=1S/C14H11ClF3NO/c1-9-7-10(4-5-12(9)15)11-3-2-6-19-13(11)20-8-14(16,17)18/h2-7H,8H2,1H3. The molecular formula is C14H11ClF3NO. The minimum Gasteiger partial charge on any atom is -0.468 e. The highest BCUT2D eigenvalue weighted by Crippen LogP contribution is 2.31. The Bertz CT molecular complexity index is 614. The zero-order chi connectivity index (χ0) is 14.8. The highest BCUT2D eigenvalue weighted by atomic mass is 35.5. The van der Waals surface area contributed by atoms with Crippen molar-refractivity contribution in [2.75, 3.05) is 6.61 Å². The molecule has 0 amide bonds. The summed E-state index contributed by atoms with van der Waals surface area (Å²) in [5.41, 5.74) is 2.03. The van der Waals surface area contributed by atoms with Gasteiger partial charge in [-0.2, -0.15) is 13.2 Å². The molecule has 0 saturated carbocycles. The largest absolute Gasteiger partial charge is 0.468 e. The van der Waals surface area contributed by atoms with Gasteiger partial charge in [0, 0.05) is 16.8 Å². The molecule has 0 aliphatic carbocycles. The molecule has 1 aromatic heterocycles. The van der Waals surface area contributed by atoms with E-state index in [-0.39, 0.29) is 5.88 Å². The number of alkyl halides is 3. The summed E-state index contributed by atoms with van der Waals surface area (Å²) < 4.78 is 41.4. The lowest BCUT2D eigenvalue weighted by molar-refractivity contribution is -0.154. The fourth-order valence-electron chi connectivity index (χ4n) is 1.69. The second-order valence-corrected chi connectivity index (χ2v) is 4.63. The minimum atomic E-state index is -4.40. The van der Waals surface area contributed by atoms with E-state index in [1.807, 2.05) is 6.92 Å². The van der Waals surface area contributed by atoms with Crippen molar-refractivity contribution >= 4 is 11.6 Å². The molecule has 0 saturated heterocycles. The Morgan fingerprint density at radius 1 is 1.25 bits per heavy atom. The molecule has 20 heavy (non-hydrogen) atoms. The van der Waals surface area contributed by atoms with E-state index in [1.54, 1.807) is 30.3 Å². The van der Waals surface area contributed by atoms with E-state index in [1.165, 1.54) is 6.20 Å². The minimum absolute atomic E-state index is 0.0495. The van der Waals surface area contributed by atoms with Gasteiger partial charge in [0.1, 0.15) is 0 Å². The van der Waals surface area contributed by atoms with Crippen molar-refractivity contribution < 1.29 is 17.9 Å². The maximum Gasteiger partial charge on any atom is 0.422 e. The van der Waals surface area contributed by atoms with Gasteiger partial charge in [-0.05, 0) is 42.3 Å². The topological polar surface area (TPSA) is 22.1 Å². The fraction of sp³-hybridized carbons (Fsp3) is 0.214. The number of aryl methyl sites for hydroxylation is 1. The third kappa shape index (κ3) is 3.63. The second-order valence-electron chi connectivity index (χ2n) is 4.22. The van der Waals surface area contributed by atoms with Crippen LogP contribution in [0.1, 0.15) is 5.56 Å². The average molecular weight is 302 g/mol. The van der Waals surface area contributed by atoms with Crippen molar-refractivity contribution in [3.05, 3.63) is 47.1 Å². The Kier molecular flexibility index (Phi) is 4.18. The predicted octanol–water partition coefficient (Wildman–Crippen LogP) is 4.65. The molecule has 1 aromatic carbocycles. The van der Waals surface area contributed by atoms with E-state index in [2.05, 4.69) is 4.98 Å². The maximum atomic E-state index is 12.2. The van der Waals surface area contributed by atoms with Gasteiger partial charge in [-0.1, -0.05) is 17.7 Å². The van der Waals surface area contributed by atoms with E-state index < -0.39 is 12.8 Å². The van der Waals surface area contributed by atoms with Gasteiger partial charge in [0.2, 0.25) is 5.88 Å². The number of hydrogen-bond acceptors (Lipinski definition) is 2. The van der Waals surface area contributed by atoms with Crippen LogP contribution in [0.5, 0.6) is 5.88 Å². The number of pyridine rings is 1. The van der Waals surface area contributed by atoms with Crippen molar-refractivity contribution in [1.82, 2.24) is 4.98 Å². The Morgan fingerprint density at radius 3 is 2.65 bits per heavy atom. The van der Waals surface area contributed by atoms with Gasteiger partial charge in [0.15, 0.2) is 6.61 Å². The summed E-state index contributed by atoms with van der Waals surface area (Å²) in [5.74, 6) is -0.0495.